The Hall–Kier alpha value is -1.23. The average Bonchev–Trinajstić information content (AvgIpc) is 2.25. The third-order valence-electron chi connectivity index (χ3n) is 2.86. The summed E-state index contributed by atoms with van der Waals surface area (Å²) in [4.78, 5) is 7.71. The highest BCUT2D eigenvalue weighted by molar-refractivity contribution is 5.39. The van der Waals surface area contributed by atoms with Crippen LogP contribution in [0.4, 0.5) is 10.2 Å². The largest absolute Gasteiger partial charge is 0.362 e. The Balaban J connectivity index is 2.90. The monoisotopic (exact) mass is 226 g/mol. The molecule has 1 heterocycles. The zero-order chi connectivity index (χ0) is 12.2. The molecule has 1 aromatic rings. The molecule has 0 amide bonds. The smallest absolute Gasteiger partial charge is 0.186 e. The topological polar surface area (TPSA) is 63.8 Å². The van der Waals surface area contributed by atoms with Gasteiger partial charge in [-0.25, -0.2) is 14.4 Å². The standard InChI is InChI=1S/C11H19FN4/c1-4-11(3,5-6-13)16-10-9(12)8(2)14-7-15-10/h7H,4-6,13H2,1-3H3,(H,14,15,16). The number of nitrogens with two attached hydrogens (primary N) is 1. The highest BCUT2D eigenvalue weighted by atomic mass is 19.1. The molecule has 0 radical (unpaired) electrons. The zero-order valence-corrected chi connectivity index (χ0v) is 10.0. The van der Waals surface area contributed by atoms with Crippen molar-refractivity contribution in [3.63, 3.8) is 0 Å². The number of nitrogens with one attached hydrogen (secondary N) is 1. The van der Waals surface area contributed by atoms with E-state index >= 15 is 0 Å². The number of aryl methyl sites for hydroxylation is 1. The van der Waals surface area contributed by atoms with Crippen LogP contribution in [0.5, 0.6) is 0 Å². The number of hydrogen-bond acceptors (Lipinski definition) is 4. The Labute approximate surface area is 95.5 Å². The van der Waals surface area contributed by atoms with Crippen LogP contribution in [0.3, 0.4) is 0 Å². The third-order valence-corrected chi connectivity index (χ3v) is 2.86. The molecular weight excluding hydrogens is 207 g/mol. The SMILES string of the molecule is CCC(C)(CCN)Nc1ncnc(C)c1F. The number of aromatic nitrogens is 2. The summed E-state index contributed by atoms with van der Waals surface area (Å²) >= 11 is 0. The minimum Gasteiger partial charge on any atom is -0.362 e. The summed E-state index contributed by atoms with van der Waals surface area (Å²) in [6.45, 7) is 6.22. The van der Waals surface area contributed by atoms with Crippen molar-refractivity contribution in [3.05, 3.63) is 17.8 Å². The van der Waals surface area contributed by atoms with Crippen molar-refractivity contribution in [1.29, 1.82) is 0 Å². The van der Waals surface area contributed by atoms with Gasteiger partial charge < -0.3 is 11.1 Å². The van der Waals surface area contributed by atoms with Gasteiger partial charge in [-0.3, -0.25) is 0 Å². The van der Waals surface area contributed by atoms with Gasteiger partial charge in [0, 0.05) is 5.54 Å². The predicted molar refractivity (Wildman–Crippen MR) is 62.7 cm³/mol. The second-order valence-corrected chi connectivity index (χ2v) is 4.20. The summed E-state index contributed by atoms with van der Waals surface area (Å²) in [5.74, 6) is -0.135. The van der Waals surface area contributed by atoms with E-state index in [2.05, 4.69) is 15.3 Å². The number of hydrogen-bond donors (Lipinski definition) is 2. The molecule has 1 unspecified atom stereocenters. The molecule has 1 rings (SSSR count). The second-order valence-electron chi connectivity index (χ2n) is 4.20. The van der Waals surface area contributed by atoms with E-state index in [4.69, 9.17) is 5.73 Å². The Morgan fingerprint density at radius 1 is 1.50 bits per heavy atom. The molecular formula is C11H19FN4. The molecule has 0 saturated carbocycles. The molecule has 1 aromatic heterocycles. The fourth-order valence-corrected chi connectivity index (χ4v) is 1.48. The van der Waals surface area contributed by atoms with E-state index in [1.807, 2.05) is 13.8 Å². The maximum Gasteiger partial charge on any atom is 0.186 e. The van der Waals surface area contributed by atoms with E-state index in [0.29, 0.717) is 12.2 Å². The summed E-state index contributed by atoms with van der Waals surface area (Å²) in [7, 11) is 0. The molecule has 4 nitrogen and oxygen atoms in total. The number of halogens is 1. The molecule has 90 valence electrons. The molecule has 0 aliphatic heterocycles. The highest BCUT2D eigenvalue weighted by Gasteiger charge is 2.23. The van der Waals surface area contributed by atoms with Gasteiger partial charge in [0.15, 0.2) is 11.6 Å². The van der Waals surface area contributed by atoms with Crippen LogP contribution < -0.4 is 11.1 Å². The Kier molecular flexibility index (Phi) is 4.18. The van der Waals surface area contributed by atoms with Gasteiger partial charge in [-0.05, 0) is 33.2 Å². The molecule has 5 heteroatoms. The number of rotatable bonds is 5. The van der Waals surface area contributed by atoms with Crippen LogP contribution in [0.15, 0.2) is 6.33 Å². The van der Waals surface area contributed by atoms with E-state index in [0.717, 1.165) is 12.8 Å². The average molecular weight is 226 g/mol. The van der Waals surface area contributed by atoms with Crippen LogP contribution in [-0.2, 0) is 0 Å². The minimum absolute atomic E-state index is 0.226. The molecule has 1 atom stereocenters. The molecule has 0 aromatic carbocycles. The van der Waals surface area contributed by atoms with Crippen LogP contribution in [0, 0.1) is 12.7 Å². The first-order chi connectivity index (χ1) is 7.52. The van der Waals surface area contributed by atoms with E-state index in [1.54, 1.807) is 6.92 Å². The Morgan fingerprint density at radius 3 is 2.75 bits per heavy atom. The van der Waals surface area contributed by atoms with Gasteiger partial charge in [0.25, 0.3) is 0 Å². The van der Waals surface area contributed by atoms with Crippen molar-refractivity contribution in [2.24, 2.45) is 5.73 Å². The van der Waals surface area contributed by atoms with E-state index in [1.165, 1.54) is 6.33 Å². The quantitative estimate of drug-likeness (QED) is 0.804. The highest BCUT2D eigenvalue weighted by Crippen LogP contribution is 2.22. The van der Waals surface area contributed by atoms with Gasteiger partial charge >= 0.3 is 0 Å². The lowest BCUT2D eigenvalue weighted by atomic mass is 9.94. The van der Waals surface area contributed by atoms with Gasteiger partial charge in [-0.15, -0.1) is 0 Å². The molecule has 0 saturated heterocycles. The first-order valence-electron chi connectivity index (χ1n) is 5.48. The maximum atomic E-state index is 13.7. The molecule has 3 N–H and O–H groups in total. The van der Waals surface area contributed by atoms with Gasteiger partial charge in [0.1, 0.15) is 6.33 Å². The van der Waals surface area contributed by atoms with Crippen molar-refractivity contribution in [1.82, 2.24) is 9.97 Å². The first-order valence-corrected chi connectivity index (χ1v) is 5.48. The number of nitrogens with zero attached hydrogens (tertiary/aromatic N) is 2. The fraction of sp³-hybridized carbons (Fsp3) is 0.636. The zero-order valence-electron chi connectivity index (χ0n) is 10.0. The maximum absolute atomic E-state index is 13.7. The predicted octanol–water partition coefficient (Wildman–Crippen LogP) is 1.85. The summed E-state index contributed by atoms with van der Waals surface area (Å²) in [6.07, 6.45) is 2.98. The van der Waals surface area contributed by atoms with Crippen molar-refractivity contribution >= 4 is 5.82 Å². The molecule has 0 spiro atoms. The van der Waals surface area contributed by atoms with Crippen molar-refractivity contribution in [3.8, 4) is 0 Å². The Morgan fingerprint density at radius 2 is 2.19 bits per heavy atom. The van der Waals surface area contributed by atoms with Crippen LogP contribution >= 0.6 is 0 Å². The van der Waals surface area contributed by atoms with E-state index in [9.17, 15) is 4.39 Å². The van der Waals surface area contributed by atoms with Gasteiger partial charge in [-0.2, -0.15) is 0 Å². The minimum atomic E-state index is -0.390. The summed E-state index contributed by atoms with van der Waals surface area (Å²) in [5.41, 5.74) is 5.67. The second kappa shape index (κ2) is 5.21. The van der Waals surface area contributed by atoms with Crippen LogP contribution in [0.1, 0.15) is 32.4 Å². The van der Waals surface area contributed by atoms with E-state index in [-0.39, 0.29) is 17.2 Å². The third kappa shape index (κ3) is 2.88. The lowest BCUT2D eigenvalue weighted by Gasteiger charge is -2.30. The first kappa shape index (κ1) is 12.8. The number of anilines is 1. The van der Waals surface area contributed by atoms with Gasteiger partial charge in [-0.1, -0.05) is 6.92 Å². The molecule has 0 bridgehead atoms. The fourth-order valence-electron chi connectivity index (χ4n) is 1.48. The molecule has 16 heavy (non-hydrogen) atoms. The summed E-state index contributed by atoms with van der Waals surface area (Å²) < 4.78 is 13.7. The molecule has 0 fully saturated rings. The molecule has 0 aliphatic carbocycles. The van der Waals surface area contributed by atoms with Crippen LogP contribution in [0.25, 0.3) is 0 Å². The van der Waals surface area contributed by atoms with E-state index < -0.39 is 0 Å². The van der Waals surface area contributed by atoms with Crippen LogP contribution in [0.2, 0.25) is 0 Å². The normalized spacial score (nSPS) is 14.6. The lowest BCUT2D eigenvalue weighted by Crippen LogP contribution is -2.37. The van der Waals surface area contributed by atoms with Crippen molar-refractivity contribution in [2.75, 3.05) is 11.9 Å². The van der Waals surface area contributed by atoms with Gasteiger partial charge in [0.05, 0.1) is 5.69 Å². The summed E-state index contributed by atoms with van der Waals surface area (Å²) in [6, 6.07) is 0. The molecule has 0 aliphatic rings. The van der Waals surface area contributed by atoms with Crippen molar-refractivity contribution in [2.45, 2.75) is 39.2 Å². The Bertz CT molecular complexity index is 356. The van der Waals surface area contributed by atoms with Gasteiger partial charge in [0.2, 0.25) is 0 Å². The van der Waals surface area contributed by atoms with Crippen molar-refractivity contribution < 1.29 is 4.39 Å². The lowest BCUT2D eigenvalue weighted by molar-refractivity contribution is 0.456. The summed E-state index contributed by atoms with van der Waals surface area (Å²) in [5, 5.41) is 3.11. The van der Waals surface area contributed by atoms with Crippen LogP contribution in [-0.4, -0.2) is 22.1 Å².